The number of benzene rings is 2. The molecular formula is C25H21N5O. The minimum absolute atomic E-state index is 0.716. The second-order valence-corrected chi connectivity index (χ2v) is 7.40. The van der Waals surface area contributed by atoms with Crippen LogP contribution in [0.1, 0.15) is 11.3 Å². The lowest BCUT2D eigenvalue weighted by atomic mass is 10.1. The van der Waals surface area contributed by atoms with E-state index in [0.29, 0.717) is 5.75 Å². The first kappa shape index (κ1) is 18.8. The third kappa shape index (κ3) is 3.96. The van der Waals surface area contributed by atoms with Crippen LogP contribution in [-0.2, 0) is 0 Å². The van der Waals surface area contributed by atoms with Gasteiger partial charge in [0.25, 0.3) is 0 Å². The Morgan fingerprint density at radius 1 is 0.871 bits per heavy atom. The van der Waals surface area contributed by atoms with Gasteiger partial charge in [0.15, 0.2) is 0 Å². The molecule has 0 saturated heterocycles. The Hall–Kier alpha value is -4.19. The van der Waals surface area contributed by atoms with Gasteiger partial charge in [0.2, 0.25) is 0 Å². The van der Waals surface area contributed by atoms with Crippen LogP contribution in [0.4, 0.5) is 11.5 Å². The molecule has 0 radical (unpaired) electrons. The summed E-state index contributed by atoms with van der Waals surface area (Å²) in [4.78, 5) is 16.3. The van der Waals surface area contributed by atoms with E-state index in [4.69, 9.17) is 4.74 Å². The van der Waals surface area contributed by atoms with E-state index in [1.165, 1.54) is 0 Å². The maximum atomic E-state index is 5.98. The van der Waals surface area contributed by atoms with E-state index in [1.807, 2.05) is 68.7 Å². The highest BCUT2D eigenvalue weighted by molar-refractivity contribution is 5.93. The second kappa shape index (κ2) is 7.91. The smallest absolute Gasteiger partial charge is 0.145 e. The molecule has 3 heterocycles. The summed E-state index contributed by atoms with van der Waals surface area (Å²) in [5.41, 5.74) is 6.02. The molecule has 3 aromatic heterocycles. The first-order valence-corrected chi connectivity index (χ1v) is 10.0. The second-order valence-electron chi connectivity index (χ2n) is 7.40. The Morgan fingerprint density at radius 2 is 1.81 bits per heavy atom. The molecule has 0 atom stereocenters. The number of hydrogen-bond donors (Lipinski definition) is 2. The summed E-state index contributed by atoms with van der Waals surface area (Å²) < 4.78 is 5.98. The maximum Gasteiger partial charge on any atom is 0.145 e. The van der Waals surface area contributed by atoms with Crippen molar-refractivity contribution in [3.8, 4) is 22.6 Å². The molecule has 0 saturated carbocycles. The number of hydrogen-bond acceptors (Lipinski definition) is 5. The summed E-state index contributed by atoms with van der Waals surface area (Å²) in [7, 11) is 0. The van der Waals surface area contributed by atoms with E-state index in [9.17, 15) is 0 Å². The molecule has 0 amide bonds. The summed E-state index contributed by atoms with van der Waals surface area (Å²) >= 11 is 0. The topological polar surface area (TPSA) is 75.7 Å². The minimum Gasteiger partial charge on any atom is -0.455 e. The van der Waals surface area contributed by atoms with Crippen molar-refractivity contribution in [3.05, 3.63) is 90.8 Å². The fraction of sp³-hybridized carbons (Fsp3) is 0.0800. The van der Waals surface area contributed by atoms with Crippen LogP contribution in [0.5, 0.6) is 11.5 Å². The molecule has 5 aromatic rings. The van der Waals surface area contributed by atoms with Crippen LogP contribution in [0, 0.1) is 13.8 Å². The van der Waals surface area contributed by atoms with Gasteiger partial charge in [0.05, 0.1) is 11.7 Å². The van der Waals surface area contributed by atoms with Crippen molar-refractivity contribution < 1.29 is 4.74 Å². The van der Waals surface area contributed by atoms with Crippen molar-refractivity contribution in [2.24, 2.45) is 0 Å². The highest BCUT2D eigenvalue weighted by atomic mass is 16.5. The van der Waals surface area contributed by atoms with Gasteiger partial charge >= 0.3 is 0 Å². The molecule has 0 aliphatic rings. The van der Waals surface area contributed by atoms with E-state index in [0.717, 1.165) is 50.5 Å². The standard InChI is InChI=1S/C25H21N5O/c1-16-11-20(5-8-24(16)31-21-6-3-17(2)27-14-21)30-25-22-12-18(19-9-10-26-13-19)4-7-23(22)28-15-29-25/h3-15,26H,1-2H3,(H,28,29,30). The molecular weight excluding hydrogens is 386 g/mol. The van der Waals surface area contributed by atoms with Crippen LogP contribution in [0.3, 0.4) is 0 Å². The van der Waals surface area contributed by atoms with Gasteiger partial charge in [-0.25, -0.2) is 9.97 Å². The number of fused-ring (bicyclic) bond motifs is 1. The maximum absolute atomic E-state index is 5.98. The lowest BCUT2D eigenvalue weighted by Crippen LogP contribution is -1.97. The number of rotatable bonds is 5. The molecule has 6 heteroatoms. The highest BCUT2D eigenvalue weighted by Crippen LogP contribution is 2.31. The molecule has 6 nitrogen and oxygen atoms in total. The number of nitrogens with zero attached hydrogens (tertiary/aromatic N) is 3. The molecule has 0 unspecified atom stereocenters. The van der Waals surface area contributed by atoms with E-state index in [2.05, 4.69) is 37.4 Å². The van der Waals surface area contributed by atoms with E-state index in [-0.39, 0.29) is 0 Å². The van der Waals surface area contributed by atoms with Crippen molar-refractivity contribution in [2.75, 3.05) is 5.32 Å². The predicted octanol–water partition coefficient (Wildman–Crippen LogP) is 6.17. The van der Waals surface area contributed by atoms with Crippen molar-refractivity contribution in [2.45, 2.75) is 13.8 Å². The fourth-order valence-electron chi connectivity index (χ4n) is 3.46. The van der Waals surface area contributed by atoms with Gasteiger partial charge in [0, 0.05) is 29.2 Å². The number of aryl methyl sites for hydroxylation is 2. The first-order valence-electron chi connectivity index (χ1n) is 10.0. The Morgan fingerprint density at radius 3 is 2.58 bits per heavy atom. The molecule has 0 aliphatic carbocycles. The van der Waals surface area contributed by atoms with Crippen LogP contribution >= 0.6 is 0 Å². The molecule has 31 heavy (non-hydrogen) atoms. The van der Waals surface area contributed by atoms with Gasteiger partial charge in [-0.3, -0.25) is 4.98 Å². The number of nitrogens with one attached hydrogen (secondary N) is 2. The van der Waals surface area contributed by atoms with Crippen LogP contribution in [-0.4, -0.2) is 19.9 Å². The van der Waals surface area contributed by atoms with Crippen molar-refractivity contribution in [1.29, 1.82) is 0 Å². The van der Waals surface area contributed by atoms with Gasteiger partial charge in [-0.1, -0.05) is 6.07 Å². The molecule has 2 N–H and O–H groups in total. The quantitative estimate of drug-likeness (QED) is 0.364. The summed E-state index contributed by atoms with van der Waals surface area (Å²) in [6.07, 6.45) is 7.20. The van der Waals surface area contributed by atoms with E-state index in [1.54, 1.807) is 12.5 Å². The number of ether oxygens (including phenoxy) is 1. The zero-order valence-corrected chi connectivity index (χ0v) is 17.3. The average Bonchev–Trinajstić information content (AvgIpc) is 3.32. The van der Waals surface area contributed by atoms with E-state index < -0.39 is 0 Å². The minimum atomic E-state index is 0.716. The van der Waals surface area contributed by atoms with Crippen molar-refractivity contribution >= 4 is 22.4 Å². The lowest BCUT2D eigenvalue weighted by molar-refractivity contribution is 0.476. The summed E-state index contributed by atoms with van der Waals surface area (Å²) in [6.45, 7) is 3.97. The van der Waals surface area contributed by atoms with Crippen LogP contribution in [0.25, 0.3) is 22.0 Å². The first-order chi connectivity index (χ1) is 15.2. The van der Waals surface area contributed by atoms with Gasteiger partial charge in [0.1, 0.15) is 23.6 Å². The third-order valence-corrected chi connectivity index (χ3v) is 5.12. The zero-order valence-electron chi connectivity index (χ0n) is 17.3. The van der Waals surface area contributed by atoms with Gasteiger partial charge in [-0.15, -0.1) is 0 Å². The Labute approximate surface area is 180 Å². The molecule has 0 aliphatic heterocycles. The van der Waals surface area contributed by atoms with Crippen LogP contribution < -0.4 is 10.1 Å². The number of anilines is 2. The Kier molecular flexibility index (Phi) is 4.80. The number of aromatic nitrogens is 4. The van der Waals surface area contributed by atoms with Gasteiger partial charge in [-0.2, -0.15) is 0 Å². The third-order valence-electron chi connectivity index (χ3n) is 5.12. The SMILES string of the molecule is Cc1ccc(Oc2ccc(Nc3ncnc4ccc(-c5cc[nH]c5)cc34)cc2C)cn1. The van der Waals surface area contributed by atoms with Crippen molar-refractivity contribution in [3.63, 3.8) is 0 Å². The highest BCUT2D eigenvalue weighted by Gasteiger charge is 2.09. The van der Waals surface area contributed by atoms with Crippen LogP contribution in [0.15, 0.2) is 79.5 Å². The summed E-state index contributed by atoms with van der Waals surface area (Å²) in [6, 6.07) is 18.1. The molecule has 2 aromatic carbocycles. The summed E-state index contributed by atoms with van der Waals surface area (Å²) in [5, 5.41) is 4.39. The monoisotopic (exact) mass is 407 g/mol. The predicted molar refractivity (Wildman–Crippen MR) is 123 cm³/mol. The van der Waals surface area contributed by atoms with Gasteiger partial charge in [-0.05, 0) is 79.1 Å². The Bertz CT molecular complexity index is 1340. The number of pyridine rings is 1. The summed E-state index contributed by atoms with van der Waals surface area (Å²) in [5.74, 6) is 2.27. The van der Waals surface area contributed by atoms with Crippen LogP contribution in [0.2, 0.25) is 0 Å². The molecule has 152 valence electrons. The lowest BCUT2D eigenvalue weighted by Gasteiger charge is -2.13. The Balaban J connectivity index is 1.43. The average molecular weight is 407 g/mol. The largest absolute Gasteiger partial charge is 0.455 e. The number of H-pyrrole nitrogens is 1. The normalized spacial score (nSPS) is 10.9. The zero-order chi connectivity index (χ0) is 21.2. The van der Waals surface area contributed by atoms with Crippen molar-refractivity contribution in [1.82, 2.24) is 19.9 Å². The van der Waals surface area contributed by atoms with E-state index >= 15 is 0 Å². The fourth-order valence-corrected chi connectivity index (χ4v) is 3.46. The molecule has 0 spiro atoms. The molecule has 0 bridgehead atoms. The van der Waals surface area contributed by atoms with Gasteiger partial charge < -0.3 is 15.0 Å². The number of aromatic amines is 1. The molecule has 5 rings (SSSR count). The molecule has 0 fully saturated rings.